The Labute approximate surface area is 194 Å². The van der Waals surface area contributed by atoms with Gasteiger partial charge < -0.3 is 19.3 Å². The smallest absolute Gasteiger partial charge is 0.270 e. The Bertz CT molecular complexity index is 1120. The third kappa shape index (κ3) is 3.97. The maximum absolute atomic E-state index is 13.5. The van der Waals surface area contributed by atoms with Gasteiger partial charge in [0.1, 0.15) is 11.4 Å². The topological polar surface area (TPSA) is 54.7 Å². The van der Waals surface area contributed by atoms with Gasteiger partial charge >= 0.3 is 0 Å². The Morgan fingerprint density at radius 2 is 2.03 bits per heavy atom. The molecule has 3 heterocycles. The van der Waals surface area contributed by atoms with Crippen LogP contribution in [0.5, 0.6) is 5.75 Å². The number of thiophene rings is 1. The lowest BCUT2D eigenvalue weighted by molar-refractivity contribution is 0.0644. The molecule has 3 aromatic rings. The van der Waals surface area contributed by atoms with E-state index in [2.05, 4.69) is 61.1 Å². The first-order valence-corrected chi connectivity index (χ1v) is 12.0. The Hall–Kier alpha value is -2.57. The molecule has 0 saturated carbocycles. The van der Waals surface area contributed by atoms with E-state index < -0.39 is 0 Å². The minimum atomic E-state index is -0.262. The number of nitrogens with zero attached hydrogens (tertiary/aromatic N) is 2. The van der Waals surface area contributed by atoms with Gasteiger partial charge in [-0.25, -0.2) is 0 Å². The van der Waals surface area contributed by atoms with Crippen LogP contribution >= 0.6 is 11.3 Å². The monoisotopic (exact) mass is 452 g/mol. The van der Waals surface area contributed by atoms with Gasteiger partial charge in [-0.3, -0.25) is 4.79 Å². The minimum absolute atomic E-state index is 0.0408. The lowest BCUT2D eigenvalue weighted by Crippen LogP contribution is -2.43. The van der Waals surface area contributed by atoms with Crippen LogP contribution in [0.3, 0.4) is 0 Å². The average Bonchev–Trinajstić information content (AvgIpc) is 3.43. The van der Waals surface area contributed by atoms with Crippen molar-refractivity contribution in [2.24, 2.45) is 0 Å². The Kier molecular flexibility index (Phi) is 6.19. The van der Waals surface area contributed by atoms with Crippen molar-refractivity contribution in [3.05, 3.63) is 52.5 Å². The number of rotatable bonds is 6. The van der Waals surface area contributed by atoms with Gasteiger partial charge in [0.2, 0.25) is 0 Å². The first-order valence-electron chi connectivity index (χ1n) is 11.1. The van der Waals surface area contributed by atoms with Crippen molar-refractivity contribution in [1.82, 2.24) is 9.47 Å². The van der Waals surface area contributed by atoms with Crippen LogP contribution in [0.2, 0.25) is 0 Å². The predicted molar refractivity (Wildman–Crippen MR) is 131 cm³/mol. The molecule has 4 rings (SSSR count). The van der Waals surface area contributed by atoms with Crippen molar-refractivity contribution in [1.29, 1.82) is 0 Å². The fraction of sp³-hybridized carbons (Fsp3) is 0.423. The number of carbonyl (C=O) groups is 1. The minimum Gasteiger partial charge on any atom is -0.496 e. The van der Waals surface area contributed by atoms with Gasteiger partial charge in [0.05, 0.1) is 12.8 Å². The van der Waals surface area contributed by atoms with Crippen LogP contribution in [0.4, 0.5) is 0 Å². The largest absolute Gasteiger partial charge is 0.496 e. The van der Waals surface area contributed by atoms with Crippen LogP contribution in [0.15, 0.2) is 35.7 Å². The number of aliphatic hydroxyl groups excluding tert-OH is 1. The number of hydrogen-bond donors (Lipinski definition) is 1. The van der Waals surface area contributed by atoms with Gasteiger partial charge in [-0.1, -0.05) is 6.07 Å². The van der Waals surface area contributed by atoms with Gasteiger partial charge in [-0.2, -0.15) is 0 Å². The summed E-state index contributed by atoms with van der Waals surface area (Å²) in [4.78, 5) is 16.5. The summed E-state index contributed by atoms with van der Waals surface area (Å²) in [5.74, 6) is 0.915. The Morgan fingerprint density at radius 3 is 2.66 bits per heavy atom. The van der Waals surface area contributed by atoms with Crippen LogP contribution in [-0.2, 0) is 19.4 Å². The van der Waals surface area contributed by atoms with Gasteiger partial charge in [0.15, 0.2) is 0 Å². The zero-order chi connectivity index (χ0) is 23.0. The van der Waals surface area contributed by atoms with Crippen LogP contribution in [0.1, 0.15) is 48.8 Å². The van der Waals surface area contributed by atoms with Crippen molar-refractivity contribution < 1.29 is 14.6 Å². The lowest BCUT2D eigenvalue weighted by Gasteiger charge is -2.33. The number of amides is 1. The Morgan fingerprint density at radius 1 is 1.25 bits per heavy atom. The molecular formula is C26H32N2O3S. The first-order chi connectivity index (χ1) is 15.3. The summed E-state index contributed by atoms with van der Waals surface area (Å²) in [5, 5.41) is 11.4. The lowest BCUT2D eigenvalue weighted by atomic mass is 9.92. The number of fused-ring (bicyclic) bond motifs is 3. The number of methoxy groups -OCH3 is 1. The first kappa shape index (κ1) is 22.6. The fourth-order valence-electron chi connectivity index (χ4n) is 4.33. The van der Waals surface area contributed by atoms with E-state index in [1.54, 1.807) is 18.4 Å². The van der Waals surface area contributed by atoms with E-state index >= 15 is 0 Å². The number of aliphatic hydroxyl groups is 1. The highest BCUT2D eigenvalue weighted by Gasteiger charge is 2.31. The molecule has 0 atom stereocenters. The zero-order valence-corrected chi connectivity index (χ0v) is 20.4. The summed E-state index contributed by atoms with van der Waals surface area (Å²) in [6.07, 6.45) is 2.28. The van der Waals surface area contributed by atoms with E-state index in [0.717, 1.165) is 58.1 Å². The second-order valence-electron chi connectivity index (χ2n) is 9.35. The fourth-order valence-corrected chi connectivity index (χ4v) is 5.07. The molecule has 170 valence electrons. The summed E-state index contributed by atoms with van der Waals surface area (Å²) in [7, 11) is 3.58. The van der Waals surface area contributed by atoms with E-state index in [1.165, 1.54) is 5.56 Å². The molecule has 5 nitrogen and oxygen atoms in total. The molecular weight excluding hydrogens is 420 g/mol. The summed E-state index contributed by atoms with van der Waals surface area (Å²) in [6.45, 7) is 7.07. The highest BCUT2D eigenvalue weighted by Crippen LogP contribution is 2.44. The number of benzene rings is 1. The molecule has 1 N–H and O–H groups in total. The van der Waals surface area contributed by atoms with Gasteiger partial charge in [-0.15, -0.1) is 11.3 Å². The molecule has 6 heteroatoms. The van der Waals surface area contributed by atoms with E-state index in [1.807, 2.05) is 11.9 Å². The van der Waals surface area contributed by atoms with Gasteiger partial charge in [0, 0.05) is 41.7 Å². The normalized spacial score (nSPS) is 12.9. The second-order valence-corrected chi connectivity index (χ2v) is 10.3. The predicted octanol–water partition coefficient (Wildman–Crippen LogP) is 5.24. The number of ether oxygens (including phenoxy) is 1. The molecule has 2 aromatic heterocycles. The van der Waals surface area contributed by atoms with E-state index in [4.69, 9.17) is 4.74 Å². The molecule has 1 aliphatic heterocycles. The second kappa shape index (κ2) is 8.75. The van der Waals surface area contributed by atoms with Crippen molar-refractivity contribution in [3.63, 3.8) is 0 Å². The summed E-state index contributed by atoms with van der Waals surface area (Å²) in [6, 6.07) is 10.6. The average molecular weight is 453 g/mol. The molecule has 0 saturated heterocycles. The molecule has 0 spiro atoms. The molecule has 0 bridgehead atoms. The van der Waals surface area contributed by atoms with Gasteiger partial charge in [0.25, 0.3) is 5.91 Å². The third-order valence-corrected chi connectivity index (χ3v) is 7.29. The molecule has 1 aromatic carbocycles. The van der Waals surface area contributed by atoms with Crippen molar-refractivity contribution in [2.45, 2.75) is 52.1 Å². The SMILES string of the molecule is COc1cc2c(cc1CCCO)-c1c(-c3cccs3)cc(C(=O)N(C)C(C)(C)C)n1CC2. The van der Waals surface area contributed by atoms with Crippen LogP contribution < -0.4 is 4.74 Å². The molecule has 0 fully saturated rings. The maximum atomic E-state index is 13.5. The Balaban J connectivity index is 1.92. The van der Waals surface area contributed by atoms with Crippen molar-refractivity contribution in [3.8, 4) is 27.4 Å². The highest BCUT2D eigenvalue weighted by molar-refractivity contribution is 7.13. The number of aryl methyl sites for hydroxylation is 2. The van der Waals surface area contributed by atoms with E-state index in [-0.39, 0.29) is 18.1 Å². The summed E-state index contributed by atoms with van der Waals surface area (Å²) in [5.41, 5.74) is 6.16. The van der Waals surface area contributed by atoms with Gasteiger partial charge in [-0.05, 0) is 80.8 Å². The molecule has 0 unspecified atom stereocenters. The van der Waals surface area contributed by atoms with E-state index in [9.17, 15) is 9.90 Å². The number of hydrogen-bond acceptors (Lipinski definition) is 4. The van der Waals surface area contributed by atoms with Crippen LogP contribution in [0.25, 0.3) is 21.7 Å². The molecule has 32 heavy (non-hydrogen) atoms. The zero-order valence-electron chi connectivity index (χ0n) is 19.6. The quantitative estimate of drug-likeness (QED) is 0.556. The number of carbonyl (C=O) groups excluding carboxylic acids is 1. The summed E-state index contributed by atoms with van der Waals surface area (Å²) >= 11 is 1.69. The van der Waals surface area contributed by atoms with E-state index in [0.29, 0.717) is 6.42 Å². The van der Waals surface area contributed by atoms with Crippen molar-refractivity contribution >= 4 is 17.2 Å². The molecule has 1 amide bonds. The standard InChI is InChI=1S/C26H32N2O3S/c1-26(2,3)27(4)25(30)21-16-20(23-9-7-13-32-23)24-19-14-18(8-6-12-29)22(31-5)15-17(19)10-11-28(21)24/h7,9,13-16,29H,6,8,10-12H2,1-5H3. The maximum Gasteiger partial charge on any atom is 0.270 e. The molecule has 0 radical (unpaired) electrons. The van der Waals surface area contributed by atoms with Crippen LogP contribution in [-0.4, -0.2) is 46.8 Å². The third-order valence-electron chi connectivity index (χ3n) is 6.38. The van der Waals surface area contributed by atoms with Crippen LogP contribution in [0, 0.1) is 0 Å². The van der Waals surface area contributed by atoms with Crippen molar-refractivity contribution in [2.75, 3.05) is 20.8 Å². The summed E-state index contributed by atoms with van der Waals surface area (Å²) < 4.78 is 7.86. The molecule has 1 aliphatic rings. The number of aromatic nitrogens is 1. The highest BCUT2D eigenvalue weighted by atomic mass is 32.1. The molecule has 0 aliphatic carbocycles.